The van der Waals surface area contributed by atoms with Gasteiger partial charge in [0, 0.05) is 0 Å². The minimum Gasteiger partial charge on any atom is -0.468 e. The maximum atomic E-state index is 11.5. The molecule has 4 heteroatoms. The summed E-state index contributed by atoms with van der Waals surface area (Å²) in [5.74, 6) is -1.94. The first-order valence-corrected chi connectivity index (χ1v) is 5.79. The number of esters is 2. The van der Waals surface area contributed by atoms with Crippen molar-refractivity contribution in [2.45, 2.75) is 19.8 Å². The fraction of sp³-hybridized carbons (Fsp3) is 0.429. The summed E-state index contributed by atoms with van der Waals surface area (Å²) in [7, 11) is 2.54. The Bertz CT molecular complexity index is 392. The van der Waals surface area contributed by atoms with E-state index in [0.717, 1.165) is 5.56 Å². The predicted molar refractivity (Wildman–Crippen MR) is 67.0 cm³/mol. The van der Waals surface area contributed by atoms with Crippen molar-refractivity contribution in [1.82, 2.24) is 0 Å². The highest BCUT2D eigenvalue weighted by atomic mass is 16.5. The van der Waals surface area contributed by atoms with E-state index in [0.29, 0.717) is 12.8 Å². The quantitative estimate of drug-likeness (QED) is 0.591. The molecule has 0 aliphatic heterocycles. The molecule has 0 radical (unpaired) electrons. The molecule has 1 aromatic carbocycles. The van der Waals surface area contributed by atoms with Gasteiger partial charge in [0.15, 0.2) is 5.92 Å². The summed E-state index contributed by atoms with van der Waals surface area (Å²) in [5.41, 5.74) is 2.26. The first-order chi connectivity index (χ1) is 8.58. The average Bonchev–Trinajstić information content (AvgIpc) is 2.40. The van der Waals surface area contributed by atoms with Crippen LogP contribution in [0.2, 0.25) is 0 Å². The monoisotopic (exact) mass is 250 g/mol. The largest absolute Gasteiger partial charge is 0.468 e. The average molecular weight is 250 g/mol. The molecule has 4 nitrogen and oxygen atoms in total. The Kier molecular flexibility index (Phi) is 5.36. The molecule has 0 aliphatic rings. The van der Waals surface area contributed by atoms with Gasteiger partial charge in [-0.1, -0.05) is 29.8 Å². The Morgan fingerprint density at radius 1 is 1.06 bits per heavy atom. The van der Waals surface area contributed by atoms with Gasteiger partial charge in [-0.25, -0.2) is 0 Å². The Hall–Kier alpha value is -1.84. The van der Waals surface area contributed by atoms with E-state index in [1.807, 2.05) is 31.2 Å². The predicted octanol–water partition coefficient (Wildman–Crippen LogP) is 1.89. The minimum atomic E-state index is -0.846. The lowest BCUT2D eigenvalue weighted by molar-refractivity contribution is -0.159. The number of rotatable bonds is 5. The van der Waals surface area contributed by atoms with Gasteiger partial charge in [0.2, 0.25) is 0 Å². The van der Waals surface area contributed by atoms with Gasteiger partial charge >= 0.3 is 11.9 Å². The molecule has 0 fully saturated rings. The van der Waals surface area contributed by atoms with Gasteiger partial charge in [0.25, 0.3) is 0 Å². The van der Waals surface area contributed by atoms with Gasteiger partial charge in [-0.15, -0.1) is 0 Å². The molecule has 0 saturated carbocycles. The van der Waals surface area contributed by atoms with Crippen LogP contribution < -0.4 is 0 Å². The first kappa shape index (κ1) is 14.2. The van der Waals surface area contributed by atoms with Crippen LogP contribution in [0.5, 0.6) is 0 Å². The molecule has 0 amide bonds. The highest BCUT2D eigenvalue weighted by Crippen LogP contribution is 2.13. The number of hydrogen-bond donors (Lipinski definition) is 0. The molecule has 18 heavy (non-hydrogen) atoms. The topological polar surface area (TPSA) is 52.6 Å². The van der Waals surface area contributed by atoms with E-state index in [2.05, 4.69) is 9.47 Å². The van der Waals surface area contributed by atoms with E-state index in [1.165, 1.54) is 19.8 Å². The number of benzene rings is 1. The van der Waals surface area contributed by atoms with Gasteiger partial charge < -0.3 is 9.47 Å². The van der Waals surface area contributed by atoms with Crippen molar-refractivity contribution < 1.29 is 19.1 Å². The molecule has 0 aliphatic carbocycles. The van der Waals surface area contributed by atoms with E-state index < -0.39 is 17.9 Å². The second kappa shape index (κ2) is 6.79. The zero-order valence-electron chi connectivity index (χ0n) is 10.9. The van der Waals surface area contributed by atoms with Gasteiger partial charge in [-0.3, -0.25) is 9.59 Å². The van der Waals surface area contributed by atoms with Crippen LogP contribution in [0.3, 0.4) is 0 Å². The Labute approximate surface area is 107 Å². The van der Waals surface area contributed by atoms with Gasteiger partial charge in [-0.2, -0.15) is 0 Å². The van der Waals surface area contributed by atoms with Crippen molar-refractivity contribution in [3.63, 3.8) is 0 Å². The zero-order valence-corrected chi connectivity index (χ0v) is 10.9. The lowest BCUT2D eigenvalue weighted by atomic mass is 9.99. The smallest absolute Gasteiger partial charge is 0.320 e. The molecular weight excluding hydrogens is 232 g/mol. The number of ether oxygens (including phenoxy) is 2. The fourth-order valence-corrected chi connectivity index (χ4v) is 1.68. The first-order valence-electron chi connectivity index (χ1n) is 5.79. The zero-order chi connectivity index (χ0) is 13.5. The van der Waals surface area contributed by atoms with Crippen LogP contribution in [-0.4, -0.2) is 26.2 Å². The summed E-state index contributed by atoms with van der Waals surface area (Å²) >= 11 is 0. The molecule has 0 saturated heterocycles. The number of hydrogen-bond acceptors (Lipinski definition) is 4. The number of aryl methyl sites for hydroxylation is 2. The summed E-state index contributed by atoms with van der Waals surface area (Å²) in [6.07, 6.45) is 1.03. The second-order valence-electron chi connectivity index (χ2n) is 4.12. The molecule has 0 spiro atoms. The van der Waals surface area contributed by atoms with Crippen LogP contribution in [0.15, 0.2) is 24.3 Å². The molecule has 0 atom stereocenters. The highest BCUT2D eigenvalue weighted by Gasteiger charge is 2.27. The van der Waals surface area contributed by atoms with Crippen molar-refractivity contribution in [3.05, 3.63) is 35.4 Å². The maximum absolute atomic E-state index is 11.5. The highest BCUT2D eigenvalue weighted by molar-refractivity contribution is 5.94. The van der Waals surface area contributed by atoms with Crippen molar-refractivity contribution in [3.8, 4) is 0 Å². The molecular formula is C14H18O4. The van der Waals surface area contributed by atoms with Gasteiger partial charge in [0.05, 0.1) is 14.2 Å². The molecule has 98 valence electrons. The second-order valence-corrected chi connectivity index (χ2v) is 4.12. The Morgan fingerprint density at radius 2 is 1.56 bits per heavy atom. The number of methoxy groups -OCH3 is 2. The summed E-state index contributed by atoms with van der Waals surface area (Å²) in [6.45, 7) is 2.01. The third-order valence-corrected chi connectivity index (χ3v) is 2.81. The Morgan fingerprint density at radius 3 is 2.00 bits per heavy atom. The van der Waals surface area contributed by atoms with E-state index in [-0.39, 0.29) is 0 Å². The third-order valence-electron chi connectivity index (χ3n) is 2.81. The normalized spacial score (nSPS) is 10.2. The minimum absolute atomic E-state index is 0.391. The standard InChI is InChI=1S/C14H18O4/c1-10-4-6-11(7-5-10)8-9-12(13(15)17-2)14(16)18-3/h4-7,12H,8-9H2,1-3H3. The SMILES string of the molecule is COC(=O)C(CCc1ccc(C)cc1)C(=O)OC. The summed E-state index contributed by atoms with van der Waals surface area (Å²) in [4.78, 5) is 22.9. The van der Waals surface area contributed by atoms with E-state index in [1.54, 1.807) is 0 Å². The van der Waals surface area contributed by atoms with Crippen molar-refractivity contribution in [1.29, 1.82) is 0 Å². The lowest BCUT2D eigenvalue weighted by Gasteiger charge is -2.12. The van der Waals surface area contributed by atoms with Crippen molar-refractivity contribution in [2.75, 3.05) is 14.2 Å². The van der Waals surface area contributed by atoms with Crippen LogP contribution in [0.4, 0.5) is 0 Å². The number of carbonyl (C=O) groups is 2. The summed E-state index contributed by atoms with van der Waals surface area (Å²) in [5, 5.41) is 0. The van der Waals surface area contributed by atoms with E-state index >= 15 is 0 Å². The van der Waals surface area contributed by atoms with Gasteiger partial charge in [0.1, 0.15) is 0 Å². The Balaban J connectivity index is 2.64. The van der Waals surface area contributed by atoms with Crippen molar-refractivity contribution >= 4 is 11.9 Å². The number of carbonyl (C=O) groups excluding carboxylic acids is 2. The maximum Gasteiger partial charge on any atom is 0.320 e. The molecule has 1 aromatic rings. The molecule has 1 rings (SSSR count). The third kappa shape index (κ3) is 3.87. The van der Waals surface area contributed by atoms with E-state index in [4.69, 9.17) is 0 Å². The van der Waals surface area contributed by atoms with Crippen molar-refractivity contribution in [2.24, 2.45) is 5.92 Å². The van der Waals surface area contributed by atoms with Gasteiger partial charge in [-0.05, 0) is 25.3 Å². The van der Waals surface area contributed by atoms with Crippen LogP contribution in [-0.2, 0) is 25.5 Å². The molecule has 0 heterocycles. The molecule has 0 unspecified atom stereocenters. The molecule has 0 aromatic heterocycles. The van der Waals surface area contributed by atoms with Crippen LogP contribution in [0, 0.1) is 12.8 Å². The van der Waals surface area contributed by atoms with E-state index in [9.17, 15) is 9.59 Å². The lowest BCUT2D eigenvalue weighted by Crippen LogP contribution is -2.27. The molecule has 0 bridgehead atoms. The van der Waals surface area contributed by atoms with Crippen LogP contribution in [0.1, 0.15) is 17.5 Å². The van der Waals surface area contributed by atoms with Crippen LogP contribution in [0.25, 0.3) is 0 Å². The fourth-order valence-electron chi connectivity index (χ4n) is 1.68. The summed E-state index contributed by atoms with van der Waals surface area (Å²) < 4.78 is 9.21. The molecule has 0 N–H and O–H groups in total. The van der Waals surface area contributed by atoms with Crippen LogP contribution >= 0.6 is 0 Å². The summed E-state index contributed by atoms with van der Waals surface area (Å²) in [6, 6.07) is 7.98.